The van der Waals surface area contributed by atoms with Crippen molar-refractivity contribution in [2.75, 3.05) is 22.9 Å². The zero-order valence-corrected chi connectivity index (χ0v) is 51.2. The van der Waals surface area contributed by atoms with Gasteiger partial charge >= 0.3 is 0 Å². The summed E-state index contributed by atoms with van der Waals surface area (Å²) in [6.45, 7) is 15.0. The zero-order chi connectivity index (χ0) is 52.5. The number of amides is 2. The lowest BCUT2D eigenvalue weighted by Crippen LogP contribution is -2.35. The van der Waals surface area contributed by atoms with Gasteiger partial charge in [-0.3, -0.25) is 9.59 Å². The highest BCUT2D eigenvalue weighted by molar-refractivity contribution is 7.31. The third-order valence-corrected chi connectivity index (χ3v) is 22.1. The van der Waals surface area contributed by atoms with Crippen molar-refractivity contribution in [2.24, 2.45) is 11.8 Å². The van der Waals surface area contributed by atoms with Crippen LogP contribution >= 0.6 is 56.7 Å². The molecule has 1 aromatic carbocycles. The largest absolute Gasteiger partial charge is 0.307 e. The van der Waals surface area contributed by atoms with Gasteiger partial charge in [-0.15, -0.1) is 56.7 Å². The molecule has 5 aromatic heterocycles. The smallest absolute Gasteiger partial charge is 0.260 e. The van der Waals surface area contributed by atoms with E-state index in [0.717, 1.165) is 81.5 Å². The van der Waals surface area contributed by atoms with Gasteiger partial charge in [-0.25, -0.2) is 0 Å². The molecule has 4 nitrogen and oxygen atoms in total. The predicted octanol–water partition coefficient (Wildman–Crippen LogP) is 20.7. The molecule has 2 aliphatic heterocycles. The van der Waals surface area contributed by atoms with Gasteiger partial charge in [-0.2, -0.15) is 0 Å². The molecule has 2 amide bonds. The van der Waals surface area contributed by atoms with Gasteiger partial charge < -0.3 is 9.80 Å². The number of hydrogen-bond acceptors (Lipinski definition) is 7. The van der Waals surface area contributed by atoms with Gasteiger partial charge in [0, 0.05) is 71.6 Å². The molecule has 0 radical (unpaired) electrons. The van der Waals surface area contributed by atoms with Crippen LogP contribution in [0.4, 0.5) is 11.4 Å². The fourth-order valence-corrected chi connectivity index (χ4v) is 17.8. The van der Waals surface area contributed by atoms with Crippen LogP contribution < -0.4 is 20.2 Å². The SMILES string of the molecule is CCCCCCCCCCC(CCCCC)CN1C(=O)C(c2cc3sc(C)cc3s2)=c2cc3c(cc21)=C(c1cc2sc(-c4ccc(C)s4)cc2s1)C(=O)N3CC(CCCCCCCCC)CCCCCCCCCC. The average molecular weight is 1110 g/mol. The Morgan fingerprint density at radius 1 is 0.360 bits per heavy atom. The number of aryl methyl sites for hydroxylation is 2. The van der Waals surface area contributed by atoms with Crippen LogP contribution in [-0.2, 0) is 9.59 Å². The van der Waals surface area contributed by atoms with Crippen LogP contribution in [0.3, 0.4) is 0 Å². The minimum absolute atomic E-state index is 0.148. The van der Waals surface area contributed by atoms with Gasteiger partial charge in [-0.05, 0) is 99.9 Å². The van der Waals surface area contributed by atoms with Crippen LogP contribution in [0.25, 0.3) is 39.7 Å². The molecule has 0 saturated heterocycles. The molecule has 2 aliphatic rings. The second-order valence-corrected chi connectivity index (χ2v) is 28.5. The van der Waals surface area contributed by atoms with E-state index in [4.69, 9.17) is 0 Å². The van der Waals surface area contributed by atoms with E-state index in [0.29, 0.717) is 11.8 Å². The number of fused-ring (bicyclic) bond motifs is 4. The van der Waals surface area contributed by atoms with Gasteiger partial charge in [0.1, 0.15) is 0 Å². The molecule has 0 bridgehead atoms. The van der Waals surface area contributed by atoms with E-state index in [1.807, 2.05) is 34.0 Å². The van der Waals surface area contributed by atoms with Crippen LogP contribution in [0, 0.1) is 25.7 Å². The predicted molar refractivity (Wildman–Crippen MR) is 336 cm³/mol. The zero-order valence-electron chi connectivity index (χ0n) is 47.2. The average Bonchev–Trinajstić information content (AvgIpc) is 4.29. The summed E-state index contributed by atoms with van der Waals surface area (Å²) < 4.78 is 5.02. The molecule has 8 rings (SSSR count). The summed E-state index contributed by atoms with van der Waals surface area (Å²) in [4.78, 5) is 43.0. The number of carbonyl (C=O) groups excluding carboxylic acids is 2. The molecule has 0 N–H and O–H groups in total. The van der Waals surface area contributed by atoms with Crippen molar-refractivity contribution in [1.29, 1.82) is 0 Å². The number of hydrogen-bond donors (Lipinski definition) is 0. The van der Waals surface area contributed by atoms with E-state index in [-0.39, 0.29) is 11.8 Å². The summed E-state index contributed by atoms with van der Waals surface area (Å²) in [7, 11) is 0. The van der Waals surface area contributed by atoms with E-state index in [9.17, 15) is 0 Å². The van der Waals surface area contributed by atoms with E-state index in [1.165, 1.54) is 205 Å². The lowest BCUT2D eigenvalue weighted by Gasteiger charge is -2.27. The maximum Gasteiger partial charge on any atom is 0.260 e. The number of rotatable bonds is 37. The summed E-state index contributed by atoms with van der Waals surface area (Å²) in [5.41, 5.74) is 3.70. The minimum Gasteiger partial charge on any atom is -0.307 e. The van der Waals surface area contributed by atoms with Crippen molar-refractivity contribution < 1.29 is 9.59 Å². The monoisotopic (exact) mass is 1100 g/mol. The molecule has 2 atom stereocenters. The fourth-order valence-electron chi connectivity index (χ4n) is 12.1. The summed E-state index contributed by atoms with van der Waals surface area (Å²) in [6, 6.07) is 18.3. The molecule has 0 saturated carbocycles. The lowest BCUT2D eigenvalue weighted by atomic mass is 9.93. The highest BCUT2D eigenvalue weighted by atomic mass is 32.1. The second kappa shape index (κ2) is 29.8. The Balaban J connectivity index is 1.17. The molecule has 408 valence electrons. The van der Waals surface area contributed by atoms with Crippen molar-refractivity contribution in [3.8, 4) is 9.75 Å². The summed E-state index contributed by atoms with van der Waals surface area (Å²) in [5.74, 6) is 1.17. The third kappa shape index (κ3) is 15.4. The first-order valence-electron chi connectivity index (χ1n) is 30.4. The standard InChI is InChI=1S/C66H92N2O2S5/c1-7-11-15-18-21-24-27-31-34-49(33-29-14-10-4)45-67-53-41-52-54(40-51(53)63(65(67)69)61-43-58-56(74-61)39-48(6)72-58)68(46-50(35-30-26-23-20-17-13-9-3)36-32-28-25-22-19-16-12-8-2)66(70)64(52)62-44-60-59(75-62)42-57(73-60)55-38-37-47(5)71-55/h37-44,49-50H,7-36,45-46H2,1-6H3. The third-order valence-electron chi connectivity index (χ3n) is 16.4. The lowest BCUT2D eigenvalue weighted by molar-refractivity contribution is -0.114. The number of unbranched alkanes of at least 4 members (excludes halogenated alkanes) is 22. The van der Waals surface area contributed by atoms with E-state index >= 15 is 9.59 Å². The normalized spacial score (nSPS) is 14.5. The molecule has 0 fully saturated rings. The molecule has 2 unspecified atom stereocenters. The summed E-state index contributed by atoms with van der Waals surface area (Å²) in [5, 5.41) is 2.05. The van der Waals surface area contributed by atoms with Gasteiger partial charge in [0.15, 0.2) is 0 Å². The highest BCUT2D eigenvalue weighted by Gasteiger charge is 2.38. The number of nitrogens with zero attached hydrogens (tertiary/aromatic N) is 2. The van der Waals surface area contributed by atoms with Crippen LogP contribution in [0.1, 0.15) is 240 Å². The first kappa shape index (κ1) is 58.1. The van der Waals surface area contributed by atoms with Gasteiger partial charge in [0.2, 0.25) is 0 Å². The van der Waals surface area contributed by atoms with Crippen LogP contribution in [0.5, 0.6) is 0 Å². The maximum absolute atomic E-state index is 15.7. The fraction of sp³-hybridized carbons (Fsp3) is 0.606. The van der Waals surface area contributed by atoms with Crippen LogP contribution in [0.15, 0.2) is 48.5 Å². The van der Waals surface area contributed by atoms with Crippen molar-refractivity contribution in [1.82, 2.24) is 0 Å². The van der Waals surface area contributed by atoms with Gasteiger partial charge in [0.25, 0.3) is 11.8 Å². The van der Waals surface area contributed by atoms with Crippen LogP contribution in [0.2, 0.25) is 0 Å². The molecule has 6 aromatic rings. The Kier molecular flexibility index (Phi) is 23.1. The van der Waals surface area contributed by atoms with Crippen molar-refractivity contribution in [3.05, 3.63) is 78.5 Å². The van der Waals surface area contributed by atoms with E-state index < -0.39 is 0 Å². The number of anilines is 2. The quantitative estimate of drug-likeness (QED) is 0.0365. The van der Waals surface area contributed by atoms with Gasteiger partial charge in [0.05, 0.1) is 22.5 Å². The van der Waals surface area contributed by atoms with E-state index in [1.54, 1.807) is 22.7 Å². The Bertz CT molecular complexity index is 2810. The molecule has 9 heteroatoms. The number of thiophene rings is 5. The molecule has 0 aliphatic carbocycles. The molecular weight excluding hydrogens is 1010 g/mol. The minimum atomic E-state index is 0.148. The molecule has 7 heterocycles. The van der Waals surface area contributed by atoms with Crippen molar-refractivity contribution in [3.63, 3.8) is 0 Å². The first-order chi connectivity index (χ1) is 36.7. The Hall–Kier alpha value is -3.08. The first-order valence-corrected chi connectivity index (χ1v) is 34.5. The van der Waals surface area contributed by atoms with Crippen molar-refractivity contribution >= 4 is 110 Å². The Labute approximate surface area is 473 Å². The Morgan fingerprint density at radius 2 is 0.707 bits per heavy atom. The van der Waals surface area contributed by atoms with Crippen molar-refractivity contribution in [2.45, 2.75) is 234 Å². The maximum atomic E-state index is 15.7. The number of benzene rings is 1. The van der Waals surface area contributed by atoms with Crippen LogP contribution in [-0.4, -0.2) is 24.9 Å². The molecule has 75 heavy (non-hydrogen) atoms. The Morgan fingerprint density at radius 3 is 1.11 bits per heavy atom. The van der Waals surface area contributed by atoms with Gasteiger partial charge in [-0.1, -0.05) is 195 Å². The molecular formula is C66H92N2O2S5. The van der Waals surface area contributed by atoms with E-state index in [2.05, 4.69) is 99.9 Å². The summed E-state index contributed by atoms with van der Waals surface area (Å²) >= 11 is 9.09. The second-order valence-electron chi connectivity index (χ2n) is 22.7. The topological polar surface area (TPSA) is 40.6 Å². The highest BCUT2D eigenvalue weighted by Crippen LogP contribution is 2.44. The number of carbonyl (C=O) groups is 2. The summed E-state index contributed by atoms with van der Waals surface area (Å²) in [6.07, 6.45) is 38.4. The molecule has 0 spiro atoms.